The van der Waals surface area contributed by atoms with Gasteiger partial charge in [-0.25, -0.2) is 0 Å². The highest BCUT2D eigenvalue weighted by Crippen LogP contribution is 2.37. The summed E-state index contributed by atoms with van der Waals surface area (Å²) < 4.78 is 12.8. The number of nitrogens with zero attached hydrogens (tertiary/aromatic N) is 2. The Morgan fingerprint density at radius 2 is 2.26 bits per heavy atom. The predicted molar refractivity (Wildman–Crippen MR) is 85.8 cm³/mol. The first-order valence-electron chi connectivity index (χ1n) is 7.50. The lowest BCUT2D eigenvalue weighted by molar-refractivity contribution is -0.124. The van der Waals surface area contributed by atoms with E-state index in [1.165, 1.54) is 0 Å². The van der Waals surface area contributed by atoms with Gasteiger partial charge in [-0.3, -0.25) is 9.48 Å². The molecule has 6 nitrogen and oxygen atoms in total. The molecule has 1 aromatic carbocycles. The molecule has 0 aliphatic carbocycles. The van der Waals surface area contributed by atoms with Crippen LogP contribution >= 0.6 is 11.6 Å². The van der Waals surface area contributed by atoms with Gasteiger partial charge in [0.15, 0.2) is 11.5 Å². The Hall–Kier alpha value is -2.21. The molecule has 2 heterocycles. The fraction of sp³-hybridized carbons (Fsp3) is 0.375. The van der Waals surface area contributed by atoms with Crippen LogP contribution in [0.2, 0.25) is 5.02 Å². The first-order chi connectivity index (χ1) is 11.1. The minimum absolute atomic E-state index is 0.114. The van der Waals surface area contributed by atoms with Crippen molar-refractivity contribution in [3.63, 3.8) is 0 Å². The number of fused-ring (bicyclic) bond motifs is 1. The molecule has 0 unspecified atom stereocenters. The smallest absolute Gasteiger partial charge is 0.244 e. The average Bonchev–Trinajstić information content (AvgIpc) is 2.97. The lowest BCUT2D eigenvalue weighted by Gasteiger charge is -2.14. The maximum atomic E-state index is 12.2. The van der Waals surface area contributed by atoms with Gasteiger partial charge in [0, 0.05) is 25.4 Å². The summed E-state index contributed by atoms with van der Waals surface area (Å²) >= 11 is 6.25. The number of benzene rings is 1. The van der Waals surface area contributed by atoms with Gasteiger partial charge in [-0.2, -0.15) is 5.10 Å². The SMILES string of the molecule is C[C@H](C(=O)NCc1cc(Cl)c2c(c1)OCCCO2)n1cccn1. The molecule has 3 rings (SSSR count). The number of hydrogen-bond donors (Lipinski definition) is 1. The summed E-state index contributed by atoms with van der Waals surface area (Å²) in [6.45, 7) is 3.34. The minimum atomic E-state index is -0.374. The number of aromatic nitrogens is 2. The van der Waals surface area contributed by atoms with Crippen molar-refractivity contribution in [3.05, 3.63) is 41.2 Å². The standard InChI is InChI=1S/C16H18ClN3O3/c1-11(20-5-2-4-19-20)16(21)18-10-12-8-13(17)15-14(9-12)22-6-3-7-23-15/h2,4-5,8-9,11H,3,6-7,10H2,1H3,(H,18,21)/t11-/m1/s1. The number of carbonyl (C=O) groups is 1. The molecule has 122 valence electrons. The van der Waals surface area contributed by atoms with Crippen molar-refractivity contribution in [2.45, 2.75) is 25.9 Å². The number of amides is 1. The Morgan fingerprint density at radius 3 is 3.04 bits per heavy atom. The molecule has 1 atom stereocenters. The van der Waals surface area contributed by atoms with Gasteiger partial charge < -0.3 is 14.8 Å². The number of nitrogens with one attached hydrogen (secondary N) is 1. The van der Waals surface area contributed by atoms with Gasteiger partial charge in [-0.1, -0.05) is 11.6 Å². The third-order valence-electron chi connectivity index (χ3n) is 3.63. The molecule has 0 saturated carbocycles. The normalized spacial score (nSPS) is 14.9. The first kappa shape index (κ1) is 15.7. The van der Waals surface area contributed by atoms with E-state index < -0.39 is 0 Å². The third-order valence-corrected chi connectivity index (χ3v) is 3.91. The number of carbonyl (C=O) groups excluding carboxylic acids is 1. The van der Waals surface area contributed by atoms with E-state index in [2.05, 4.69) is 10.4 Å². The predicted octanol–water partition coefficient (Wildman–Crippen LogP) is 2.58. The van der Waals surface area contributed by atoms with Crippen LogP contribution in [0, 0.1) is 0 Å². The van der Waals surface area contributed by atoms with E-state index >= 15 is 0 Å². The Morgan fingerprint density at radius 1 is 1.43 bits per heavy atom. The average molecular weight is 336 g/mol. The molecule has 1 amide bonds. The van der Waals surface area contributed by atoms with Crippen molar-refractivity contribution in [2.75, 3.05) is 13.2 Å². The van der Waals surface area contributed by atoms with Crippen molar-refractivity contribution >= 4 is 17.5 Å². The summed E-state index contributed by atoms with van der Waals surface area (Å²) in [5, 5.41) is 7.45. The van der Waals surface area contributed by atoms with E-state index in [0.29, 0.717) is 36.3 Å². The number of halogens is 1. The summed E-state index contributed by atoms with van der Waals surface area (Å²) in [6, 6.07) is 5.05. The molecule has 0 saturated heterocycles. The van der Waals surface area contributed by atoms with Crippen molar-refractivity contribution in [1.29, 1.82) is 0 Å². The topological polar surface area (TPSA) is 65.4 Å². The quantitative estimate of drug-likeness (QED) is 0.932. The highest BCUT2D eigenvalue weighted by Gasteiger charge is 2.17. The summed E-state index contributed by atoms with van der Waals surface area (Å²) in [7, 11) is 0. The molecule has 7 heteroatoms. The van der Waals surface area contributed by atoms with E-state index in [4.69, 9.17) is 21.1 Å². The third kappa shape index (κ3) is 3.59. The van der Waals surface area contributed by atoms with Crippen molar-refractivity contribution in [2.24, 2.45) is 0 Å². The van der Waals surface area contributed by atoms with E-state index in [-0.39, 0.29) is 11.9 Å². The lowest BCUT2D eigenvalue weighted by atomic mass is 10.2. The van der Waals surface area contributed by atoms with Crippen LogP contribution in [0.25, 0.3) is 0 Å². The molecule has 23 heavy (non-hydrogen) atoms. The molecule has 1 aliphatic rings. The van der Waals surface area contributed by atoms with Crippen LogP contribution in [0.15, 0.2) is 30.6 Å². The molecule has 0 bridgehead atoms. The van der Waals surface area contributed by atoms with Crippen LogP contribution in [0.3, 0.4) is 0 Å². The van der Waals surface area contributed by atoms with Gasteiger partial charge in [-0.15, -0.1) is 0 Å². The summed E-state index contributed by atoms with van der Waals surface area (Å²) in [4.78, 5) is 12.2. The summed E-state index contributed by atoms with van der Waals surface area (Å²) in [5.41, 5.74) is 0.861. The van der Waals surface area contributed by atoms with Crippen molar-refractivity contribution in [3.8, 4) is 11.5 Å². The van der Waals surface area contributed by atoms with Crippen LogP contribution in [-0.2, 0) is 11.3 Å². The molecular weight excluding hydrogens is 318 g/mol. The maximum Gasteiger partial charge on any atom is 0.244 e. The second kappa shape index (κ2) is 6.91. The van der Waals surface area contributed by atoms with Crippen molar-refractivity contribution in [1.82, 2.24) is 15.1 Å². The maximum absolute atomic E-state index is 12.2. The highest BCUT2D eigenvalue weighted by atomic mass is 35.5. The van der Waals surface area contributed by atoms with E-state index in [1.807, 2.05) is 6.07 Å². The zero-order valence-corrected chi connectivity index (χ0v) is 13.5. The Bertz CT molecular complexity index is 688. The van der Waals surface area contributed by atoms with Crippen LogP contribution in [-0.4, -0.2) is 28.9 Å². The van der Waals surface area contributed by atoms with Gasteiger partial charge in [0.25, 0.3) is 0 Å². The summed E-state index contributed by atoms with van der Waals surface area (Å²) in [5.74, 6) is 1.08. The zero-order chi connectivity index (χ0) is 16.2. The lowest BCUT2D eigenvalue weighted by Crippen LogP contribution is -2.30. The summed E-state index contributed by atoms with van der Waals surface area (Å²) in [6.07, 6.45) is 4.22. The fourth-order valence-corrected chi connectivity index (χ4v) is 2.64. The molecule has 0 radical (unpaired) electrons. The molecule has 2 aromatic rings. The molecule has 1 N–H and O–H groups in total. The van der Waals surface area contributed by atoms with Gasteiger partial charge in [0.1, 0.15) is 6.04 Å². The molecule has 0 fully saturated rings. The van der Waals surface area contributed by atoms with Gasteiger partial charge >= 0.3 is 0 Å². The largest absolute Gasteiger partial charge is 0.489 e. The zero-order valence-electron chi connectivity index (χ0n) is 12.8. The molecule has 1 aliphatic heterocycles. The Labute approximate surface area is 139 Å². The van der Waals surface area contributed by atoms with E-state index in [0.717, 1.165) is 12.0 Å². The van der Waals surface area contributed by atoms with Gasteiger partial charge in [-0.05, 0) is 30.7 Å². The number of rotatable bonds is 4. The Kier molecular flexibility index (Phi) is 4.71. The van der Waals surface area contributed by atoms with Crippen LogP contribution < -0.4 is 14.8 Å². The molecule has 1 aromatic heterocycles. The number of ether oxygens (including phenoxy) is 2. The van der Waals surface area contributed by atoms with Crippen LogP contribution in [0.1, 0.15) is 24.9 Å². The molecular formula is C16H18ClN3O3. The fourth-order valence-electron chi connectivity index (χ4n) is 2.35. The van der Waals surface area contributed by atoms with Crippen molar-refractivity contribution < 1.29 is 14.3 Å². The van der Waals surface area contributed by atoms with Crippen LogP contribution in [0.4, 0.5) is 0 Å². The van der Waals surface area contributed by atoms with Crippen LogP contribution in [0.5, 0.6) is 11.5 Å². The monoisotopic (exact) mass is 335 g/mol. The Balaban J connectivity index is 1.67. The van der Waals surface area contributed by atoms with Gasteiger partial charge in [0.2, 0.25) is 5.91 Å². The number of hydrogen-bond acceptors (Lipinski definition) is 4. The van der Waals surface area contributed by atoms with E-state index in [9.17, 15) is 4.79 Å². The van der Waals surface area contributed by atoms with E-state index in [1.54, 1.807) is 36.1 Å². The highest BCUT2D eigenvalue weighted by molar-refractivity contribution is 6.32. The first-order valence-corrected chi connectivity index (χ1v) is 7.88. The minimum Gasteiger partial charge on any atom is -0.489 e. The molecule has 0 spiro atoms. The second-order valence-electron chi connectivity index (χ2n) is 5.34. The van der Waals surface area contributed by atoms with Gasteiger partial charge in [0.05, 0.1) is 18.2 Å². The second-order valence-corrected chi connectivity index (χ2v) is 5.74.